The van der Waals surface area contributed by atoms with Gasteiger partial charge in [0, 0.05) is 0 Å². The van der Waals surface area contributed by atoms with Crippen LogP contribution in [0.2, 0.25) is 10.0 Å². The molecule has 0 radical (unpaired) electrons. The molecule has 1 N–H and O–H groups in total. The van der Waals surface area contributed by atoms with Crippen molar-refractivity contribution in [3.8, 4) is 0 Å². The third-order valence-electron chi connectivity index (χ3n) is 7.01. The normalized spacial score (nSPS) is 23.4. The molecule has 1 aliphatic carbocycles. The van der Waals surface area contributed by atoms with Gasteiger partial charge < -0.3 is 24.0 Å². The molecule has 142 valence electrons. The Labute approximate surface area is 174 Å². The second kappa shape index (κ2) is 10.1. The zero-order valence-electron chi connectivity index (χ0n) is 15.9. The van der Waals surface area contributed by atoms with Crippen LogP contribution in [0.1, 0.15) is 51.4 Å². The monoisotopic (exact) mass is 519 g/mol. The van der Waals surface area contributed by atoms with E-state index in [9.17, 15) is 5.11 Å². The topological polar surface area (TPSA) is 20.2 Å². The first-order valence-electron chi connectivity index (χ1n) is 10.2. The predicted octanol–water partition coefficient (Wildman–Crippen LogP) is 0.843. The Hall–Kier alpha value is 0.413. The Morgan fingerprint density at radius 3 is 2.16 bits per heavy atom. The minimum atomic E-state index is -2.47. The van der Waals surface area contributed by atoms with Gasteiger partial charge in [-0.25, -0.2) is 0 Å². The van der Waals surface area contributed by atoms with Crippen molar-refractivity contribution >= 4 is 17.7 Å². The van der Waals surface area contributed by atoms with Crippen molar-refractivity contribution < 1.29 is 33.6 Å². The van der Waals surface area contributed by atoms with Crippen LogP contribution >= 0.6 is 0 Å². The van der Waals surface area contributed by atoms with Crippen LogP contribution in [0.25, 0.3) is 0 Å². The fourth-order valence-electron chi connectivity index (χ4n) is 5.28. The van der Waals surface area contributed by atoms with Gasteiger partial charge >= 0.3 is 151 Å². The van der Waals surface area contributed by atoms with E-state index in [1.165, 1.54) is 80.7 Å². The van der Waals surface area contributed by atoms with Crippen molar-refractivity contribution in [2.75, 3.05) is 32.1 Å². The van der Waals surface area contributed by atoms with Crippen LogP contribution < -0.4 is 28.4 Å². The van der Waals surface area contributed by atoms with E-state index in [2.05, 4.69) is 37.4 Å². The van der Waals surface area contributed by atoms with Crippen LogP contribution in [0.5, 0.6) is 0 Å². The van der Waals surface area contributed by atoms with Crippen molar-refractivity contribution in [3.63, 3.8) is 0 Å². The molecule has 1 unspecified atom stereocenters. The van der Waals surface area contributed by atoms with E-state index in [0.29, 0.717) is 5.44 Å². The Morgan fingerprint density at radius 1 is 0.960 bits per heavy atom. The number of halogens is 1. The van der Waals surface area contributed by atoms with Gasteiger partial charge in [-0.1, -0.05) is 0 Å². The summed E-state index contributed by atoms with van der Waals surface area (Å²) in [5.74, 6) is 0. The van der Waals surface area contributed by atoms with Gasteiger partial charge in [-0.05, 0) is 0 Å². The number of nitrogens with zero attached hydrogens (tertiary/aromatic N) is 1. The molecule has 4 heteroatoms. The summed E-state index contributed by atoms with van der Waals surface area (Å²) in [4.78, 5) is 0. The van der Waals surface area contributed by atoms with E-state index < -0.39 is 13.3 Å². The summed E-state index contributed by atoms with van der Waals surface area (Å²) in [6, 6.07) is 11.2. The fourth-order valence-corrected chi connectivity index (χ4v) is 15.9. The van der Waals surface area contributed by atoms with Gasteiger partial charge in [-0.2, -0.15) is 0 Å². The van der Waals surface area contributed by atoms with E-state index in [1.54, 1.807) is 4.40 Å². The third-order valence-corrected chi connectivity index (χ3v) is 18.1. The van der Waals surface area contributed by atoms with Crippen molar-refractivity contribution in [1.29, 1.82) is 0 Å². The maximum atomic E-state index is 10.7. The van der Waals surface area contributed by atoms with E-state index >= 15 is 0 Å². The second-order valence-corrected chi connectivity index (χ2v) is 18.1. The average molecular weight is 518 g/mol. The van der Waals surface area contributed by atoms with Crippen molar-refractivity contribution in [2.24, 2.45) is 0 Å². The number of benzene rings is 1. The number of piperidine rings is 1. The zero-order chi connectivity index (χ0) is 16.9. The van der Waals surface area contributed by atoms with Crippen molar-refractivity contribution in [2.45, 2.75) is 61.4 Å². The molecule has 25 heavy (non-hydrogen) atoms. The number of hydrogen-bond donors (Lipinski definition) is 1. The molecule has 0 amide bonds. The molecule has 0 spiro atoms. The Kier molecular flexibility index (Phi) is 8.76. The van der Waals surface area contributed by atoms with Crippen LogP contribution in [-0.4, -0.2) is 55.0 Å². The SMILES string of the molecule is C[N+]1(C[CH2][Ge]([CH2]O)([c]2ccccc2)[CH]2CCCCC2)CCCCC1.[I-]. The van der Waals surface area contributed by atoms with Crippen LogP contribution in [0.3, 0.4) is 0 Å². The van der Waals surface area contributed by atoms with Gasteiger partial charge in [0.1, 0.15) is 0 Å². The van der Waals surface area contributed by atoms with Crippen LogP contribution in [0.4, 0.5) is 0 Å². The number of likely N-dealkylation sites (tertiary alicyclic amines) is 1. The van der Waals surface area contributed by atoms with Crippen LogP contribution in [0.15, 0.2) is 30.3 Å². The summed E-state index contributed by atoms with van der Waals surface area (Å²) in [5.41, 5.74) is 0.495. The van der Waals surface area contributed by atoms with Gasteiger partial charge in [-0.15, -0.1) is 0 Å². The largest absolute Gasteiger partial charge is 1.00 e. The molecule has 1 saturated heterocycles. The van der Waals surface area contributed by atoms with Gasteiger partial charge in [0.15, 0.2) is 0 Å². The Morgan fingerprint density at radius 2 is 1.56 bits per heavy atom. The molecule has 1 aliphatic heterocycles. The third kappa shape index (κ3) is 5.23. The first-order chi connectivity index (χ1) is 11.7. The van der Waals surface area contributed by atoms with Crippen LogP contribution in [-0.2, 0) is 0 Å². The first-order valence-corrected chi connectivity index (χ1v) is 15.4. The molecule has 2 aliphatic rings. The number of hydrogen-bond acceptors (Lipinski definition) is 1. The Bertz CT molecular complexity index is 500. The summed E-state index contributed by atoms with van der Waals surface area (Å²) in [6.07, 6.45) is 11.1. The molecule has 0 aromatic heterocycles. The van der Waals surface area contributed by atoms with Gasteiger partial charge in [0.05, 0.1) is 0 Å². The van der Waals surface area contributed by atoms with Gasteiger partial charge in [0.2, 0.25) is 0 Å². The summed E-state index contributed by atoms with van der Waals surface area (Å²) >= 11 is -2.47. The minimum Gasteiger partial charge on any atom is -1.00 e. The van der Waals surface area contributed by atoms with Crippen molar-refractivity contribution in [3.05, 3.63) is 30.3 Å². The van der Waals surface area contributed by atoms with E-state index in [1.807, 2.05) is 0 Å². The molecule has 2 fully saturated rings. The average Bonchev–Trinajstić information content (AvgIpc) is 2.65. The molecule has 1 saturated carbocycles. The van der Waals surface area contributed by atoms with Gasteiger partial charge in [-0.3, -0.25) is 0 Å². The van der Waals surface area contributed by atoms with Crippen LogP contribution in [0, 0.1) is 0 Å². The molecule has 1 aromatic carbocycles. The zero-order valence-corrected chi connectivity index (χ0v) is 20.2. The fraction of sp³-hybridized carbons (Fsp3) is 0.714. The summed E-state index contributed by atoms with van der Waals surface area (Å²) in [7, 11) is 2.47. The number of aliphatic hydroxyl groups excluding tert-OH is 1. The summed E-state index contributed by atoms with van der Waals surface area (Å²) < 4.78 is 3.66. The first kappa shape index (κ1) is 21.7. The van der Waals surface area contributed by atoms with Crippen molar-refractivity contribution in [1.82, 2.24) is 0 Å². The number of rotatable bonds is 6. The number of quaternary nitrogens is 1. The molecular formula is C21H36GeINO. The summed E-state index contributed by atoms with van der Waals surface area (Å²) in [6.45, 7) is 4.00. The maximum absolute atomic E-state index is 10.7. The molecule has 1 atom stereocenters. The number of aliphatic hydroxyl groups is 1. The molecule has 1 aromatic rings. The minimum absolute atomic E-state index is 0. The van der Waals surface area contributed by atoms with E-state index in [-0.39, 0.29) is 24.0 Å². The summed E-state index contributed by atoms with van der Waals surface area (Å²) in [5, 5.41) is 12.0. The quantitative estimate of drug-likeness (QED) is 0.337. The molecule has 0 bridgehead atoms. The molecular weight excluding hydrogens is 482 g/mol. The Balaban J connectivity index is 0.00000225. The molecule has 1 heterocycles. The van der Waals surface area contributed by atoms with E-state index in [0.717, 1.165) is 4.75 Å². The van der Waals surface area contributed by atoms with Gasteiger partial charge in [0.25, 0.3) is 0 Å². The maximum Gasteiger partial charge on any atom is -1.00 e. The molecule has 2 nitrogen and oxygen atoms in total. The molecule has 3 rings (SSSR count). The predicted molar refractivity (Wildman–Crippen MR) is 105 cm³/mol. The second-order valence-electron chi connectivity index (χ2n) is 8.62. The standard InChI is InChI=1S/C21H36GeNO.HI/c1-23(16-9-4-10-17-23)18-15-22(19-24,20-11-5-2-6-12-20)21-13-7-3-8-14-21;/h2,5-6,11-12,21,24H,3-4,7-10,13-19H2,1H3;1H/q+1;/p-1. The van der Waals surface area contributed by atoms with E-state index in [4.69, 9.17) is 0 Å². The smallest absolute Gasteiger partial charge is 1.00 e.